The Bertz CT molecular complexity index is 388. The van der Waals surface area contributed by atoms with Crippen molar-refractivity contribution in [3.8, 4) is 0 Å². The Labute approximate surface area is 103 Å². The predicted octanol–water partition coefficient (Wildman–Crippen LogP) is 2.16. The zero-order valence-electron chi connectivity index (χ0n) is 11.0. The van der Waals surface area contributed by atoms with Crippen LogP contribution in [0.25, 0.3) is 0 Å². The molecule has 1 unspecified atom stereocenters. The fraction of sp³-hybridized carbons (Fsp3) is 0.500. The number of hydrogen-bond donors (Lipinski definition) is 2. The van der Waals surface area contributed by atoms with Crippen molar-refractivity contribution in [3.05, 3.63) is 35.4 Å². The van der Waals surface area contributed by atoms with E-state index in [4.69, 9.17) is 5.73 Å². The first-order valence-corrected chi connectivity index (χ1v) is 6.05. The van der Waals surface area contributed by atoms with Gasteiger partial charge in [-0.15, -0.1) is 0 Å². The van der Waals surface area contributed by atoms with Crippen LogP contribution in [-0.2, 0) is 4.79 Å². The van der Waals surface area contributed by atoms with Crippen LogP contribution < -0.4 is 11.1 Å². The summed E-state index contributed by atoms with van der Waals surface area (Å²) in [7, 11) is 0. The molecule has 0 saturated heterocycles. The largest absolute Gasteiger partial charge is 0.348 e. The molecular weight excluding hydrogens is 212 g/mol. The van der Waals surface area contributed by atoms with E-state index in [-0.39, 0.29) is 17.9 Å². The minimum Gasteiger partial charge on any atom is -0.348 e. The molecule has 3 heteroatoms. The van der Waals surface area contributed by atoms with Crippen molar-refractivity contribution in [1.29, 1.82) is 0 Å². The Hall–Kier alpha value is -1.35. The molecule has 0 fully saturated rings. The third-order valence-corrected chi connectivity index (χ3v) is 3.03. The van der Waals surface area contributed by atoms with E-state index in [1.807, 2.05) is 52.0 Å². The van der Waals surface area contributed by atoms with Crippen LogP contribution in [0.4, 0.5) is 0 Å². The van der Waals surface area contributed by atoms with Crippen LogP contribution in [0, 0.1) is 12.8 Å². The van der Waals surface area contributed by atoms with Gasteiger partial charge >= 0.3 is 0 Å². The van der Waals surface area contributed by atoms with Gasteiger partial charge in [0.05, 0.1) is 12.1 Å². The molecule has 0 saturated carbocycles. The third kappa shape index (κ3) is 3.56. The Kier molecular flexibility index (Phi) is 4.70. The number of hydrogen-bond acceptors (Lipinski definition) is 2. The van der Waals surface area contributed by atoms with E-state index in [9.17, 15) is 4.79 Å². The minimum absolute atomic E-state index is 0.00602. The van der Waals surface area contributed by atoms with E-state index in [2.05, 4.69) is 5.32 Å². The summed E-state index contributed by atoms with van der Waals surface area (Å²) < 4.78 is 0. The van der Waals surface area contributed by atoms with Gasteiger partial charge in [-0.25, -0.2) is 0 Å². The topological polar surface area (TPSA) is 55.1 Å². The number of aryl methyl sites for hydroxylation is 1. The van der Waals surface area contributed by atoms with Crippen molar-refractivity contribution >= 4 is 5.91 Å². The van der Waals surface area contributed by atoms with Gasteiger partial charge in [-0.3, -0.25) is 4.79 Å². The van der Waals surface area contributed by atoms with Crippen LogP contribution in [0.15, 0.2) is 24.3 Å². The van der Waals surface area contributed by atoms with E-state index >= 15 is 0 Å². The van der Waals surface area contributed by atoms with Crippen molar-refractivity contribution in [3.63, 3.8) is 0 Å². The maximum absolute atomic E-state index is 11.8. The molecule has 0 bridgehead atoms. The van der Waals surface area contributed by atoms with Gasteiger partial charge < -0.3 is 11.1 Å². The third-order valence-electron chi connectivity index (χ3n) is 3.03. The van der Waals surface area contributed by atoms with Gasteiger partial charge in [-0.2, -0.15) is 0 Å². The minimum atomic E-state index is -0.443. The summed E-state index contributed by atoms with van der Waals surface area (Å²) in [5.41, 5.74) is 8.13. The summed E-state index contributed by atoms with van der Waals surface area (Å²) in [4.78, 5) is 11.8. The molecule has 1 aromatic rings. The molecule has 2 atom stereocenters. The molecule has 0 radical (unpaired) electrons. The van der Waals surface area contributed by atoms with Crippen molar-refractivity contribution in [2.45, 2.75) is 39.8 Å². The van der Waals surface area contributed by atoms with Crippen molar-refractivity contribution in [1.82, 2.24) is 5.32 Å². The SMILES string of the molecule is Cc1ccccc1[C@@H](C)NC(=O)C(N)C(C)C. The summed E-state index contributed by atoms with van der Waals surface area (Å²) >= 11 is 0. The first kappa shape index (κ1) is 13.7. The van der Waals surface area contributed by atoms with Crippen LogP contribution in [0.1, 0.15) is 37.9 Å². The Morgan fingerprint density at radius 2 is 1.82 bits per heavy atom. The predicted molar refractivity (Wildman–Crippen MR) is 70.6 cm³/mol. The molecule has 3 nitrogen and oxygen atoms in total. The summed E-state index contributed by atoms with van der Waals surface area (Å²) in [5.74, 6) is 0.0647. The van der Waals surface area contributed by atoms with Crippen molar-refractivity contribution in [2.75, 3.05) is 0 Å². The van der Waals surface area contributed by atoms with Crippen LogP contribution in [0.3, 0.4) is 0 Å². The van der Waals surface area contributed by atoms with E-state index < -0.39 is 6.04 Å². The summed E-state index contributed by atoms with van der Waals surface area (Å²) in [6.45, 7) is 7.92. The highest BCUT2D eigenvalue weighted by atomic mass is 16.2. The van der Waals surface area contributed by atoms with Crippen LogP contribution in [0.5, 0.6) is 0 Å². The van der Waals surface area contributed by atoms with Crippen molar-refractivity contribution in [2.24, 2.45) is 11.7 Å². The van der Waals surface area contributed by atoms with Crippen LogP contribution >= 0.6 is 0 Å². The molecule has 1 amide bonds. The molecule has 94 valence electrons. The summed E-state index contributed by atoms with van der Waals surface area (Å²) in [6.07, 6.45) is 0. The van der Waals surface area contributed by atoms with E-state index in [0.29, 0.717) is 0 Å². The lowest BCUT2D eigenvalue weighted by molar-refractivity contribution is -0.123. The van der Waals surface area contributed by atoms with E-state index in [1.165, 1.54) is 5.56 Å². The molecule has 0 aromatic heterocycles. The highest BCUT2D eigenvalue weighted by Gasteiger charge is 2.19. The second-order valence-corrected chi connectivity index (χ2v) is 4.86. The summed E-state index contributed by atoms with van der Waals surface area (Å²) in [6, 6.07) is 7.59. The Morgan fingerprint density at radius 3 is 2.35 bits per heavy atom. The monoisotopic (exact) mass is 234 g/mol. The van der Waals surface area contributed by atoms with Gasteiger partial charge in [0, 0.05) is 0 Å². The molecule has 0 aliphatic heterocycles. The molecule has 1 rings (SSSR count). The van der Waals surface area contributed by atoms with Gasteiger partial charge in [0.1, 0.15) is 0 Å². The number of amides is 1. The first-order valence-electron chi connectivity index (χ1n) is 6.05. The average Bonchev–Trinajstić information content (AvgIpc) is 2.28. The highest BCUT2D eigenvalue weighted by Crippen LogP contribution is 2.16. The molecule has 3 N–H and O–H groups in total. The van der Waals surface area contributed by atoms with E-state index in [0.717, 1.165) is 5.56 Å². The van der Waals surface area contributed by atoms with Gasteiger partial charge in [-0.1, -0.05) is 38.1 Å². The number of nitrogens with one attached hydrogen (secondary N) is 1. The number of carbonyl (C=O) groups excluding carboxylic acids is 1. The van der Waals surface area contributed by atoms with Gasteiger partial charge in [0.25, 0.3) is 0 Å². The molecule has 0 aliphatic carbocycles. The Balaban J connectivity index is 2.70. The second-order valence-electron chi connectivity index (χ2n) is 4.86. The standard InChI is InChI=1S/C14H22N2O/c1-9(2)13(15)14(17)16-11(4)12-8-6-5-7-10(12)3/h5-9,11,13H,15H2,1-4H3,(H,16,17)/t11-,13?/m1/s1. The molecule has 1 aromatic carbocycles. The van der Waals surface area contributed by atoms with Gasteiger partial charge in [0.15, 0.2) is 0 Å². The lowest BCUT2D eigenvalue weighted by atomic mass is 10.0. The van der Waals surface area contributed by atoms with E-state index in [1.54, 1.807) is 0 Å². The first-order chi connectivity index (χ1) is 7.93. The average molecular weight is 234 g/mol. The lowest BCUT2D eigenvalue weighted by Crippen LogP contribution is -2.44. The van der Waals surface area contributed by atoms with Gasteiger partial charge in [0.2, 0.25) is 5.91 Å². The molecular formula is C14H22N2O. The van der Waals surface area contributed by atoms with Crippen LogP contribution in [0.2, 0.25) is 0 Å². The number of nitrogens with two attached hydrogens (primary N) is 1. The summed E-state index contributed by atoms with van der Waals surface area (Å²) in [5, 5.41) is 2.95. The quantitative estimate of drug-likeness (QED) is 0.838. The zero-order chi connectivity index (χ0) is 13.0. The van der Waals surface area contributed by atoms with Crippen molar-refractivity contribution < 1.29 is 4.79 Å². The zero-order valence-corrected chi connectivity index (χ0v) is 11.0. The fourth-order valence-corrected chi connectivity index (χ4v) is 1.76. The van der Waals surface area contributed by atoms with Crippen LogP contribution in [-0.4, -0.2) is 11.9 Å². The fourth-order valence-electron chi connectivity index (χ4n) is 1.76. The number of benzene rings is 1. The molecule has 17 heavy (non-hydrogen) atoms. The lowest BCUT2D eigenvalue weighted by Gasteiger charge is -2.21. The maximum Gasteiger partial charge on any atom is 0.237 e. The Morgan fingerprint density at radius 1 is 1.24 bits per heavy atom. The smallest absolute Gasteiger partial charge is 0.237 e. The highest BCUT2D eigenvalue weighted by molar-refractivity contribution is 5.82. The molecule has 0 heterocycles. The van der Waals surface area contributed by atoms with Gasteiger partial charge in [-0.05, 0) is 30.9 Å². The normalized spacial score (nSPS) is 14.5. The molecule has 0 aliphatic rings. The molecule has 0 spiro atoms. The second kappa shape index (κ2) is 5.82. The number of carbonyl (C=O) groups is 1. The number of rotatable bonds is 4. The maximum atomic E-state index is 11.8.